The number of aromatic nitrogens is 2. The largest absolute Gasteiger partial charge is 0.481 e. The van der Waals surface area contributed by atoms with Crippen LogP contribution in [0.1, 0.15) is 34.5 Å². The summed E-state index contributed by atoms with van der Waals surface area (Å²) in [7, 11) is 0. The third kappa shape index (κ3) is 3.96. The number of halogens is 3. The van der Waals surface area contributed by atoms with Gasteiger partial charge in [0.1, 0.15) is 0 Å². The molecule has 2 heterocycles. The van der Waals surface area contributed by atoms with E-state index in [0.717, 1.165) is 12.1 Å². The maximum Gasteiger partial charge on any atom is 0.416 e. The highest BCUT2D eigenvalue weighted by molar-refractivity contribution is 5.95. The van der Waals surface area contributed by atoms with Crippen molar-refractivity contribution in [1.29, 1.82) is 0 Å². The number of rotatable bonds is 4. The Hall–Kier alpha value is -2.84. The molecule has 1 aromatic heterocycles. The molecular formula is C18H18F3N3O3. The van der Waals surface area contributed by atoms with Crippen molar-refractivity contribution in [2.24, 2.45) is 5.92 Å². The fraction of sp³-hybridized carbons (Fsp3) is 0.389. The zero-order valence-corrected chi connectivity index (χ0v) is 14.5. The highest BCUT2D eigenvalue weighted by atomic mass is 19.4. The monoisotopic (exact) mass is 381 g/mol. The molecule has 1 aromatic carbocycles. The Balaban J connectivity index is 1.82. The summed E-state index contributed by atoms with van der Waals surface area (Å²) in [5, 5.41) is 12.9. The van der Waals surface area contributed by atoms with E-state index in [4.69, 9.17) is 5.11 Å². The third-order valence-corrected chi connectivity index (χ3v) is 4.69. The third-order valence-electron chi connectivity index (χ3n) is 4.69. The SMILES string of the molecule is Cc1c(C(=O)N2CCC(CC(=O)O)C2)cnn1-c1cccc(C(F)(F)F)c1. The second-order valence-corrected chi connectivity index (χ2v) is 6.61. The lowest BCUT2D eigenvalue weighted by Crippen LogP contribution is -2.29. The van der Waals surface area contributed by atoms with E-state index in [1.165, 1.54) is 23.0 Å². The van der Waals surface area contributed by atoms with Gasteiger partial charge in [-0.15, -0.1) is 0 Å². The summed E-state index contributed by atoms with van der Waals surface area (Å²) in [6.07, 6.45) is -2.52. The Kier molecular flexibility index (Phi) is 4.95. The van der Waals surface area contributed by atoms with E-state index in [0.29, 0.717) is 30.8 Å². The van der Waals surface area contributed by atoms with Crippen molar-refractivity contribution in [3.8, 4) is 5.69 Å². The molecule has 2 aromatic rings. The van der Waals surface area contributed by atoms with Gasteiger partial charge in [0.25, 0.3) is 5.91 Å². The van der Waals surface area contributed by atoms with Gasteiger partial charge in [0.05, 0.1) is 28.7 Å². The van der Waals surface area contributed by atoms with Gasteiger partial charge in [0, 0.05) is 19.5 Å². The number of benzene rings is 1. The van der Waals surface area contributed by atoms with Crippen LogP contribution in [0.2, 0.25) is 0 Å². The predicted octanol–water partition coefficient (Wildman–Crippen LogP) is 3.14. The predicted molar refractivity (Wildman–Crippen MR) is 89.6 cm³/mol. The average molecular weight is 381 g/mol. The van der Waals surface area contributed by atoms with Gasteiger partial charge in [-0.25, -0.2) is 4.68 Å². The minimum atomic E-state index is -4.47. The summed E-state index contributed by atoms with van der Waals surface area (Å²) in [5.41, 5.74) is 0.148. The van der Waals surface area contributed by atoms with Gasteiger partial charge in [-0.05, 0) is 37.5 Å². The fourth-order valence-electron chi connectivity index (χ4n) is 3.29. The maximum absolute atomic E-state index is 12.9. The van der Waals surface area contributed by atoms with Gasteiger partial charge in [-0.2, -0.15) is 18.3 Å². The Labute approximate surface area is 153 Å². The minimum Gasteiger partial charge on any atom is -0.481 e. The van der Waals surface area contributed by atoms with E-state index in [1.54, 1.807) is 11.8 Å². The Morgan fingerprint density at radius 1 is 1.33 bits per heavy atom. The number of likely N-dealkylation sites (tertiary alicyclic amines) is 1. The van der Waals surface area contributed by atoms with Crippen molar-refractivity contribution in [2.45, 2.75) is 25.9 Å². The molecule has 1 fully saturated rings. The van der Waals surface area contributed by atoms with Crippen molar-refractivity contribution in [3.05, 3.63) is 47.3 Å². The Morgan fingerprint density at radius 3 is 2.74 bits per heavy atom. The van der Waals surface area contributed by atoms with Crippen molar-refractivity contribution >= 4 is 11.9 Å². The number of carbonyl (C=O) groups is 2. The van der Waals surface area contributed by atoms with E-state index in [9.17, 15) is 22.8 Å². The topological polar surface area (TPSA) is 75.4 Å². The number of carboxylic acid groups (broad SMARTS) is 1. The number of carboxylic acids is 1. The molecule has 1 aliphatic rings. The average Bonchev–Trinajstić information content (AvgIpc) is 3.20. The summed E-state index contributed by atoms with van der Waals surface area (Å²) in [5.74, 6) is -1.29. The summed E-state index contributed by atoms with van der Waals surface area (Å²) < 4.78 is 40.0. The van der Waals surface area contributed by atoms with Gasteiger partial charge in [0.15, 0.2) is 0 Å². The van der Waals surface area contributed by atoms with Crippen LogP contribution in [-0.2, 0) is 11.0 Å². The van der Waals surface area contributed by atoms with Crippen LogP contribution in [0.4, 0.5) is 13.2 Å². The zero-order valence-electron chi connectivity index (χ0n) is 14.5. The second-order valence-electron chi connectivity index (χ2n) is 6.61. The van der Waals surface area contributed by atoms with Gasteiger partial charge in [0.2, 0.25) is 0 Å². The molecule has 1 amide bonds. The quantitative estimate of drug-likeness (QED) is 0.883. The fourth-order valence-corrected chi connectivity index (χ4v) is 3.29. The van der Waals surface area contributed by atoms with Crippen molar-refractivity contribution < 1.29 is 27.9 Å². The number of nitrogens with zero attached hydrogens (tertiary/aromatic N) is 3. The molecule has 0 radical (unpaired) electrons. The van der Waals surface area contributed by atoms with Crippen molar-refractivity contribution in [1.82, 2.24) is 14.7 Å². The molecule has 1 aliphatic heterocycles. The first-order valence-corrected chi connectivity index (χ1v) is 8.40. The second kappa shape index (κ2) is 7.05. The van der Waals surface area contributed by atoms with Crippen LogP contribution in [0.25, 0.3) is 5.69 Å². The van der Waals surface area contributed by atoms with Crippen LogP contribution >= 0.6 is 0 Å². The van der Waals surface area contributed by atoms with Gasteiger partial charge in [-0.3, -0.25) is 9.59 Å². The summed E-state index contributed by atoms with van der Waals surface area (Å²) in [4.78, 5) is 25.1. The number of amides is 1. The zero-order chi connectivity index (χ0) is 19.8. The van der Waals surface area contributed by atoms with E-state index in [1.807, 2.05) is 0 Å². The van der Waals surface area contributed by atoms with E-state index >= 15 is 0 Å². The molecule has 0 bridgehead atoms. The molecule has 1 unspecified atom stereocenters. The molecule has 1 atom stereocenters. The van der Waals surface area contributed by atoms with Crippen LogP contribution < -0.4 is 0 Å². The number of hydrogen-bond donors (Lipinski definition) is 1. The number of hydrogen-bond acceptors (Lipinski definition) is 3. The minimum absolute atomic E-state index is 0.00621. The molecule has 0 aliphatic carbocycles. The molecule has 0 saturated carbocycles. The normalized spacial score (nSPS) is 17.3. The number of carbonyl (C=O) groups excluding carboxylic acids is 1. The van der Waals surface area contributed by atoms with Crippen molar-refractivity contribution in [3.63, 3.8) is 0 Å². The lowest BCUT2D eigenvalue weighted by atomic mass is 10.1. The van der Waals surface area contributed by atoms with Crippen LogP contribution in [0.5, 0.6) is 0 Å². The molecular weight excluding hydrogens is 363 g/mol. The van der Waals surface area contributed by atoms with Gasteiger partial charge >= 0.3 is 12.1 Å². The lowest BCUT2D eigenvalue weighted by molar-refractivity contribution is -0.138. The summed E-state index contributed by atoms with van der Waals surface area (Å²) in [6.45, 7) is 2.41. The van der Waals surface area contributed by atoms with E-state index in [2.05, 4.69) is 5.10 Å². The highest BCUT2D eigenvalue weighted by Gasteiger charge is 2.32. The molecule has 0 spiro atoms. The molecule has 6 nitrogen and oxygen atoms in total. The number of aliphatic carboxylic acids is 1. The summed E-state index contributed by atoms with van der Waals surface area (Å²) >= 11 is 0. The van der Waals surface area contributed by atoms with Gasteiger partial charge in [-0.1, -0.05) is 6.07 Å². The first kappa shape index (κ1) is 18.9. The van der Waals surface area contributed by atoms with Gasteiger partial charge < -0.3 is 10.0 Å². The van der Waals surface area contributed by atoms with Crippen LogP contribution in [-0.4, -0.2) is 44.8 Å². The lowest BCUT2D eigenvalue weighted by Gasteiger charge is -2.16. The van der Waals surface area contributed by atoms with Crippen molar-refractivity contribution in [2.75, 3.05) is 13.1 Å². The van der Waals surface area contributed by atoms with E-state index in [-0.39, 0.29) is 23.9 Å². The molecule has 27 heavy (non-hydrogen) atoms. The highest BCUT2D eigenvalue weighted by Crippen LogP contribution is 2.31. The Morgan fingerprint density at radius 2 is 2.07 bits per heavy atom. The molecule has 9 heteroatoms. The smallest absolute Gasteiger partial charge is 0.416 e. The Bertz CT molecular complexity index is 876. The first-order chi connectivity index (χ1) is 12.7. The molecule has 1 N–H and O–H groups in total. The summed E-state index contributed by atoms with van der Waals surface area (Å²) in [6, 6.07) is 4.73. The number of alkyl halides is 3. The first-order valence-electron chi connectivity index (χ1n) is 8.40. The standard InChI is InChI=1S/C18H18F3N3O3/c1-11-15(17(27)23-6-5-12(10-23)7-16(25)26)9-22-24(11)14-4-2-3-13(8-14)18(19,20)21/h2-4,8-9,12H,5-7,10H2,1H3,(H,25,26). The van der Waals surface area contributed by atoms with Crippen LogP contribution in [0.3, 0.4) is 0 Å². The van der Waals surface area contributed by atoms with Crippen LogP contribution in [0.15, 0.2) is 30.5 Å². The molecule has 3 rings (SSSR count). The van der Waals surface area contributed by atoms with E-state index < -0.39 is 17.7 Å². The maximum atomic E-state index is 12.9. The molecule has 1 saturated heterocycles. The van der Waals surface area contributed by atoms with Crippen LogP contribution in [0, 0.1) is 12.8 Å². The molecule has 144 valence electrons.